The van der Waals surface area contributed by atoms with Crippen LogP contribution in [0, 0.1) is 0 Å². The Bertz CT molecular complexity index is 826. The summed E-state index contributed by atoms with van der Waals surface area (Å²) in [5.41, 5.74) is 1.40. The number of fused-ring (bicyclic) bond motifs is 2. The molecule has 1 aliphatic rings. The van der Waals surface area contributed by atoms with Crippen LogP contribution in [-0.4, -0.2) is 24.1 Å². The Hall–Kier alpha value is -2.60. The van der Waals surface area contributed by atoms with E-state index < -0.39 is 0 Å². The van der Waals surface area contributed by atoms with Gasteiger partial charge in [-0.1, -0.05) is 23.5 Å². The zero-order valence-corrected chi connectivity index (χ0v) is 12.4. The molecule has 1 amide bonds. The average Bonchev–Trinajstić information content (AvgIpc) is 2.96. The molecule has 0 aliphatic carbocycles. The molecule has 0 saturated carbocycles. The summed E-state index contributed by atoms with van der Waals surface area (Å²) < 4.78 is 12.0. The van der Waals surface area contributed by atoms with Crippen LogP contribution >= 0.6 is 11.3 Å². The smallest absolute Gasteiger partial charge is 0.257 e. The summed E-state index contributed by atoms with van der Waals surface area (Å²) >= 11 is 1.45. The molecule has 1 N–H and O–H groups in total. The predicted molar refractivity (Wildman–Crippen MR) is 85.0 cm³/mol. The Morgan fingerprint density at radius 1 is 1.09 bits per heavy atom. The number of amides is 1. The van der Waals surface area contributed by atoms with Crippen LogP contribution in [0.25, 0.3) is 10.2 Å². The third-order valence-corrected chi connectivity index (χ3v) is 4.27. The highest BCUT2D eigenvalue weighted by Gasteiger charge is 2.16. The van der Waals surface area contributed by atoms with E-state index in [1.807, 2.05) is 24.3 Å². The van der Waals surface area contributed by atoms with Crippen LogP contribution in [0.5, 0.6) is 11.5 Å². The van der Waals surface area contributed by atoms with E-state index in [1.54, 1.807) is 18.2 Å². The van der Waals surface area contributed by atoms with Crippen molar-refractivity contribution in [3.05, 3.63) is 48.0 Å². The van der Waals surface area contributed by atoms with Crippen molar-refractivity contribution in [3.8, 4) is 11.5 Å². The van der Waals surface area contributed by atoms with Crippen molar-refractivity contribution >= 4 is 32.6 Å². The number of carbonyl (C=O) groups is 1. The van der Waals surface area contributed by atoms with Gasteiger partial charge in [0.2, 0.25) is 0 Å². The first-order chi connectivity index (χ1) is 10.8. The largest absolute Gasteiger partial charge is 0.486 e. The highest BCUT2D eigenvalue weighted by molar-refractivity contribution is 7.22. The summed E-state index contributed by atoms with van der Waals surface area (Å²) in [7, 11) is 0. The van der Waals surface area contributed by atoms with Crippen LogP contribution in [0.3, 0.4) is 0 Å². The van der Waals surface area contributed by atoms with E-state index in [2.05, 4.69) is 10.3 Å². The number of aromatic nitrogens is 1. The van der Waals surface area contributed by atoms with Gasteiger partial charge in [0, 0.05) is 5.56 Å². The summed E-state index contributed by atoms with van der Waals surface area (Å²) in [5, 5.41) is 3.41. The SMILES string of the molecule is O=C(Nc1nc2ccccc2s1)c1ccc2c(c1)OCCO2. The molecule has 5 nitrogen and oxygen atoms in total. The Kier molecular flexibility index (Phi) is 3.16. The number of thiazole rings is 1. The molecule has 0 bridgehead atoms. The first kappa shape index (κ1) is 13.1. The maximum absolute atomic E-state index is 12.3. The van der Waals surface area contributed by atoms with Crippen molar-refractivity contribution in [2.24, 2.45) is 0 Å². The van der Waals surface area contributed by atoms with Crippen molar-refractivity contribution in [2.45, 2.75) is 0 Å². The molecule has 6 heteroatoms. The van der Waals surface area contributed by atoms with Crippen molar-refractivity contribution in [2.75, 3.05) is 18.5 Å². The fraction of sp³-hybridized carbons (Fsp3) is 0.125. The molecule has 0 spiro atoms. The molecular weight excluding hydrogens is 300 g/mol. The lowest BCUT2D eigenvalue weighted by molar-refractivity contribution is 0.102. The van der Waals surface area contributed by atoms with Gasteiger partial charge >= 0.3 is 0 Å². The maximum Gasteiger partial charge on any atom is 0.257 e. The molecule has 2 aromatic carbocycles. The zero-order valence-electron chi connectivity index (χ0n) is 11.5. The van der Waals surface area contributed by atoms with Crippen LogP contribution in [0.1, 0.15) is 10.4 Å². The number of hydrogen-bond donors (Lipinski definition) is 1. The summed E-state index contributed by atoms with van der Waals surface area (Å²) in [6.07, 6.45) is 0. The van der Waals surface area contributed by atoms with E-state index in [9.17, 15) is 4.79 Å². The average molecular weight is 312 g/mol. The van der Waals surface area contributed by atoms with Gasteiger partial charge in [-0.2, -0.15) is 0 Å². The van der Waals surface area contributed by atoms with Crippen molar-refractivity contribution in [1.29, 1.82) is 0 Å². The summed E-state index contributed by atoms with van der Waals surface area (Å²) in [4.78, 5) is 16.7. The number of para-hydroxylation sites is 1. The van der Waals surface area contributed by atoms with Crippen LogP contribution in [0.2, 0.25) is 0 Å². The minimum atomic E-state index is -0.212. The van der Waals surface area contributed by atoms with Gasteiger partial charge in [-0.25, -0.2) is 4.98 Å². The highest BCUT2D eigenvalue weighted by Crippen LogP contribution is 2.31. The van der Waals surface area contributed by atoms with Gasteiger partial charge in [0.25, 0.3) is 5.91 Å². The van der Waals surface area contributed by atoms with E-state index in [0.717, 1.165) is 10.2 Å². The van der Waals surface area contributed by atoms with Gasteiger partial charge in [-0.3, -0.25) is 10.1 Å². The Morgan fingerprint density at radius 2 is 1.91 bits per heavy atom. The lowest BCUT2D eigenvalue weighted by Crippen LogP contribution is -2.17. The Balaban J connectivity index is 1.59. The minimum Gasteiger partial charge on any atom is -0.486 e. The summed E-state index contributed by atoms with van der Waals surface area (Å²) in [5.74, 6) is 1.06. The van der Waals surface area contributed by atoms with Crippen molar-refractivity contribution in [3.63, 3.8) is 0 Å². The van der Waals surface area contributed by atoms with Crippen LogP contribution in [0.4, 0.5) is 5.13 Å². The molecule has 0 saturated heterocycles. The first-order valence-corrected chi connectivity index (χ1v) is 7.68. The molecule has 1 aliphatic heterocycles. The number of carbonyl (C=O) groups excluding carboxylic acids is 1. The highest BCUT2D eigenvalue weighted by atomic mass is 32.1. The fourth-order valence-corrected chi connectivity index (χ4v) is 3.14. The van der Waals surface area contributed by atoms with Gasteiger partial charge in [0.05, 0.1) is 10.2 Å². The third kappa shape index (κ3) is 2.37. The van der Waals surface area contributed by atoms with Crippen LogP contribution < -0.4 is 14.8 Å². The second kappa shape index (κ2) is 5.31. The Morgan fingerprint density at radius 3 is 2.77 bits per heavy atom. The standard InChI is InChI=1S/C16H12N2O3S/c19-15(10-5-6-12-13(9-10)21-8-7-20-12)18-16-17-11-3-1-2-4-14(11)22-16/h1-6,9H,7-8H2,(H,17,18,19). The normalized spacial score (nSPS) is 13.1. The van der Waals surface area contributed by atoms with Gasteiger partial charge < -0.3 is 9.47 Å². The molecule has 22 heavy (non-hydrogen) atoms. The number of nitrogens with zero attached hydrogens (tertiary/aromatic N) is 1. The second-order valence-corrected chi connectivity index (χ2v) is 5.83. The zero-order chi connectivity index (χ0) is 14.9. The number of ether oxygens (including phenoxy) is 2. The van der Waals surface area contributed by atoms with E-state index >= 15 is 0 Å². The van der Waals surface area contributed by atoms with E-state index in [-0.39, 0.29) is 5.91 Å². The quantitative estimate of drug-likeness (QED) is 0.788. The summed E-state index contributed by atoms with van der Waals surface area (Å²) in [6.45, 7) is 1.03. The number of benzene rings is 2. The molecule has 0 radical (unpaired) electrons. The van der Waals surface area contributed by atoms with Gasteiger partial charge in [0.15, 0.2) is 16.6 Å². The second-order valence-electron chi connectivity index (χ2n) is 4.80. The molecule has 110 valence electrons. The van der Waals surface area contributed by atoms with E-state index in [1.165, 1.54) is 11.3 Å². The van der Waals surface area contributed by atoms with Crippen molar-refractivity contribution < 1.29 is 14.3 Å². The topological polar surface area (TPSA) is 60.5 Å². The van der Waals surface area contributed by atoms with Gasteiger partial charge in [-0.05, 0) is 30.3 Å². The molecule has 0 unspecified atom stereocenters. The van der Waals surface area contributed by atoms with E-state index in [0.29, 0.717) is 35.4 Å². The number of nitrogens with one attached hydrogen (secondary N) is 1. The van der Waals surface area contributed by atoms with E-state index in [4.69, 9.17) is 9.47 Å². The Labute approximate surface area is 130 Å². The van der Waals surface area contributed by atoms with Crippen LogP contribution in [0.15, 0.2) is 42.5 Å². The fourth-order valence-electron chi connectivity index (χ4n) is 2.28. The van der Waals surface area contributed by atoms with Crippen molar-refractivity contribution in [1.82, 2.24) is 4.98 Å². The molecule has 2 heterocycles. The molecule has 0 atom stereocenters. The summed E-state index contributed by atoms with van der Waals surface area (Å²) in [6, 6.07) is 12.9. The molecular formula is C16H12N2O3S. The molecule has 4 rings (SSSR count). The third-order valence-electron chi connectivity index (χ3n) is 3.32. The number of hydrogen-bond acceptors (Lipinski definition) is 5. The van der Waals surface area contributed by atoms with Gasteiger partial charge in [0.1, 0.15) is 13.2 Å². The van der Waals surface area contributed by atoms with Crippen LogP contribution in [-0.2, 0) is 0 Å². The van der Waals surface area contributed by atoms with Gasteiger partial charge in [-0.15, -0.1) is 0 Å². The molecule has 1 aromatic heterocycles. The number of anilines is 1. The lowest BCUT2D eigenvalue weighted by atomic mass is 10.2. The monoisotopic (exact) mass is 312 g/mol. The molecule has 0 fully saturated rings. The minimum absolute atomic E-state index is 0.212. The molecule has 3 aromatic rings. The predicted octanol–water partition coefficient (Wildman–Crippen LogP) is 3.32. The number of rotatable bonds is 2. The lowest BCUT2D eigenvalue weighted by Gasteiger charge is -2.18. The first-order valence-electron chi connectivity index (χ1n) is 6.86. The maximum atomic E-state index is 12.3.